The Morgan fingerprint density at radius 1 is 1.15 bits per heavy atom. The molecular weight excluding hydrogens is 320 g/mol. The van der Waals surface area contributed by atoms with Gasteiger partial charge in [0, 0.05) is 18.3 Å². The summed E-state index contributed by atoms with van der Waals surface area (Å²) in [6, 6.07) is 15.3. The molecule has 0 atom stereocenters. The summed E-state index contributed by atoms with van der Waals surface area (Å²) in [6.07, 6.45) is 1.97. The molecular formula is C15H15BrN2O2. The second-order valence-corrected chi connectivity index (χ2v) is 5.29. The van der Waals surface area contributed by atoms with Gasteiger partial charge in [-0.2, -0.15) is 0 Å². The number of nitro benzene ring substituents is 1. The number of nitrogens with zero attached hydrogens (tertiary/aromatic N) is 1. The van der Waals surface area contributed by atoms with Crippen LogP contribution in [0.2, 0.25) is 0 Å². The molecule has 0 aliphatic carbocycles. The molecule has 0 bridgehead atoms. The van der Waals surface area contributed by atoms with Crippen molar-refractivity contribution < 1.29 is 4.92 Å². The third-order valence-electron chi connectivity index (χ3n) is 2.96. The predicted octanol–water partition coefficient (Wildman–Crippen LogP) is 4.40. The number of aryl methyl sites for hydroxylation is 1. The van der Waals surface area contributed by atoms with Gasteiger partial charge >= 0.3 is 0 Å². The van der Waals surface area contributed by atoms with Crippen molar-refractivity contribution in [3.8, 4) is 0 Å². The number of hydrogen-bond donors (Lipinski definition) is 1. The van der Waals surface area contributed by atoms with Crippen molar-refractivity contribution in [1.82, 2.24) is 0 Å². The van der Waals surface area contributed by atoms with Gasteiger partial charge < -0.3 is 5.32 Å². The summed E-state index contributed by atoms with van der Waals surface area (Å²) in [5.41, 5.74) is 2.15. The Balaban J connectivity index is 1.85. The molecule has 0 radical (unpaired) electrons. The molecule has 0 aromatic heterocycles. The van der Waals surface area contributed by atoms with Crippen LogP contribution in [0.15, 0.2) is 53.0 Å². The Morgan fingerprint density at radius 3 is 2.60 bits per heavy atom. The fraction of sp³-hybridized carbons (Fsp3) is 0.200. The lowest BCUT2D eigenvalue weighted by Gasteiger charge is -2.07. The van der Waals surface area contributed by atoms with Gasteiger partial charge in [0.25, 0.3) is 5.69 Å². The number of benzene rings is 2. The van der Waals surface area contributed by atoms with E-state index in [0.29, 0.717) is 4.47 Å². The molecule has 0 saturated heterocycles. The van der Waals surface area contributed by atoms with Crippen molar-refractivity contribution in [2.24, 2.45) is 0 Å². The van der Waals surface area contributed by atoms with Gasteiger partial charge in [-0.1, -0.05) is 30.3 Å². The van der Waals surface area contributed by atoms with Crippen LogP contribution in [0.3, 0.4) is 0 Å². The minimum atomic E-state index is -0.390. The van der Waals surface area contributed by atoms with Crippen LogP contribution in [0.25, 0.3) is 0 Å². The number of anilines is 1. The zero-order valence-corrected chi connectivity index (χ0v) is 12.5. The lowest BCUT2D eigenvalue weighted by atomic mass is 10.1. The Labute approximate surface area is 126 Å². The van der Waals surface area contributed by atoms with E-state index >= 15 is 0 Å². The first-order valence-corrected chi connectivity index (χ1v) is 7.18. The minimum Gasteiger partial charge on any atom is -0.385 e. The third-order valence-corrected chi connectivity index (χ3v) is 3.63. The van der Waals surface area contributed by atoms with Gasteiger partial charge in [-0.3, -0.25) is 10.1 Å². The minimum absolute atomic E-state index is 0.0815. The van der Waals surface area contributed by atoms with Crippen molar-refractivity contribution in [3.63, 3.8) is 0 Å². The molecule has 5 heteroatoms. The summed E-state index contributed by atoms with van der Waals surface area (Å²) in [4.78, 5) is 10.4. The van der Waals surface area contributed by atoms with Crippen LogP contribution in [-0.4, -0.2) is 11.5 Å². The van der Waals surface area contributed by atoms with Crippen LogP contribution < -0.4 is 5.32 Å². The number of halogens is 1. The van der Waals surface area contributed by atoms with Crippen LogP contribution in [0.1, 0.15) is 12.0 Å². The molecule has 2 aromatic carbocycles. The van der Waals surface area contributed by atoms with Gasteiger partial charge in [-0.25, -0.2) is 0 Å². The van der Waals surface area contributed by atoms with Crippen molar-refractivity contribution in [2.75, 3.05) is 11.9 Å². The summed E-state index contributed by atoms with van der Waals surface area (Å²) in [5, 5.41) is 14.0. The fourth-order valence-electron chi connectivity index (χ4n) is 1.93. The largest absolute Gasteiger partial charge is 0.385 e. The van der Waals surface area contributed by atoms with Gasteiger partial charge in [0.1, 0.15) is 0 Å². The molecule has 2 aromatic rings. The molecule has 20 heavy (non-hydrogen) atoms. The monoisotopic (exact) mass is 334 g/mol. The maximum atomic E-state index is 10.8. The van der Waals surface area contributed by atoms with Crippen molar-refractivity contribution >= 4 is 27.3 Å². The van der Waals surface area contributed by atoms with Gasteiger partial charge in [0.15, 0.2) is 0 Å². The topological polar surface area (TPSA) is 55.2 Å². The highest BCUT2D eigenvalue weighted by Gasteiger charge is 2.11. The first-order valence-electron chi connectivity index (χ1n) is 6.38. The molecule has 2 rings (SSSR count). The van der Waals surface area contributed by atoms with Gasteiger partial charge in [0.2, 0.25) is 0 Å². The summed E-state index contributed by atoms with van der Waals surface area (Å²) in [7, 11) is 0. The first kappa shape index (κ1) is 14.5. The maximum Gasteiger partial charge on any atom is 0.285 e. The molecule has 0 spiro atoms. The van der Waals surface area contributed by atoms with E-state index in [9.17, 15) is 10.1 Å². The number of rotatable bonds is 6. The van der Waals surface area contributed by atoms with Crippen molar-refractivity contribution in [3.05, 3.63) is 68.7 Å². The lowest BCUT2D eigenvalue weighted by Crippen LogP contribution is -2.03. The number of hydrogen-bond acceptors (Lipinski definition) is 3. The fourth-order valence-corrected chi connectivity index (χ4v) is 2.32. The van der Waals surface area contributed by atoms with Crippen LogP contribution >= 0.6 is 15.9 Å². The van der Waals surface area contributed by atoms with E-state index in [0.717, 1.165) is 25.1 Å². The highest BCUT2D eigenvalue weighted by Crippen LogP contribution is 2.27. The van der Waals surface area contributed by atoms with Crippen LogP contribution in [-0.2, 0) is 6.42 Å². The van der Waals surface area contributed by atoms with E-state index < -0.39 is 0 Å². The Kier molecular flexibility index (Phi) is 5.12. The second-order valence-electron chi connectivity index (χ2n) is 4.44. The summed E-state index contributed by atoms with van der Waals surface area (Å²) >= 11 is 3.17. The highest BCUT2D eigenvalue weighted by atomic mass is 79.9. The number of nitro groups is 1. The molecule has 104 valence electrons. The molecule has 0 saturated carbocycles. The molecule has 0 amide bonds. The van der Waals surface area contributed by atoms with E-state index in [-0.39, 0.29) is 10.6 Å². The van der Waals surface area contributed by atoms with Crippen molar-refractivity contribution in [2.45, 2.75) is 12.8 Å². The zero-order chi connectivity index (χ0) is 14.4. The molecule has 0 aliphatic heterocycles. The van der Waals surface area contributed by atoms with E-state index in [1.54, 1.807) is 12.1 Å². The Bertz CT molecular complexity index is 588. The van der Waals surface area contributed by atoms with Crippen LogP contribution in [0.5, 0.6) is 0 Å². The predicted molar refractivity (Wildman–Crippen MR) is 84.0 cm³/mol. The highest BCUT2D eigenvalue weighted by molar-refractivity contribution is 9.10. The third kappa shape index (κ3) is 4.06. The van der Waals surface area contributed by atoms with E-state index in [2.05, 4.69) is 33.4 Å². The Morgan fingerprint density at radius 2 is 1.90 bits per heavy atom. The average molecular weight is 335 g/mol. The zero-order valence-electron chi connectivity index (χ0n) is 10.9. The summed E-state index contributed by atoms with van der Waals surface area (Å²) in [6.45, 7) is 0.785. The van der Waals surface area contributed by atoms with Crippen LogP contribution in [0, 0.1) is 10.1 Å². The maximum absolute atomic E-state index is 10.8. The van der Waals surface area contributed by atoms with E-state index in [1.165, 1.54) is 5.56 Å². The van der Waals surface area contributed by atoms with Gasteiger partial charge in [-0.05, 0) is 46.5 Å². The molecule has 0 heterocycles. The quantitative estimate of drug-likeness (QED) is 0.483. The SMILES string of the molecule is O=[N+]([O-])c1cc(NCCCc2ccccc2)ccc1Br. The average Bonchev–Trinajstić information content (AvgIpc) is 2.46. The number of nitrogens with one attached hydrogen (secondary N) is 1. The summed E-state index contributed by atoms with van der Waals surface area (Å²) < 4.78 is 0.498. The molecule has 1 N–H and O–H groups in total. The second kappa shape index (κ2) is 7.05. The molecule has 0 unspecified atom stereocenters. The van der Waals surface area contributed by atoms with Gasteiger partial charge in [0.05, 0.1) is 9.40 Å². The Hall–Kier alpha value is -1.88. The van der Waals surface area contributed by atoms with Gasteiger partial charge in [-0.15, -0.1) is 0 Å². The standard InChI is InChI=1S/C15H15BrN2O2/c16-14-9-8-13(11-15(14)18(19)20)17-10-4-7-12-5-2-1-3-6-12/h1-3,5-6,8-9,11,17H,4,7,10H2. The molecule has 4 nitrogen and oxygen atoms in total. The summed E-state index contributed by atoms with van der Waals surface area (Å²) in [5.74, 6) is 0. The molecule has 0 fully saturated rings. The smallest absolute Gasteiger partial charge is 0.285 e. The normalized spacial score (nSPS) is 10.2. The van der Waals surface area contributed by atoms with Crippen LogP contribution in [0.4, 0.5) is 11.4 Å². The molecule has 0 aliphatic rings. The van der Waals surface area contributed by atoms with E-state index in [1.807, 2.05) is 24.3 Å². The lowest BCUT2D eigenvalue weighted by molar-refractivity contribution is -0.385. The first-order chi connectivity index (χ1) is 9.66. The van der Waals surface area contributed by atoms with Crippen molar-refractivity contribution in [1.29, 1.82) is 0 Å². The van der Waals surface area contributed by atoms with E-state index in [4.69, 9.17) is 0 Å².